The van der Waals surface area contributed by atoms with Gasteiger partial charge in [-0.05, 0) is 101 Å². The molecule has 1 N–H and O–H groups in total. The Balaban J connectivity index is 1.09. The van der Waals surface area contributed by atoms with Gasteiger partial charge in [-0.25, -0.2) is 9.69 Å². The van der Waals surface area contributed by atoms with E-state index in [0.717, 1.165) is 69.5 Å². The molecule has 6 aromatic carbocycles. The Kier molecular flexibility index (Phi) is 9.96. The number of benzene rings is 6. The van der Waals surface area contributed by atoms with Gasteiger partial charge in [-0.3, -0.25) is 14.9 Å². The predicted molar refractivity (Wildman–Crippen MR) is 229 cm³/mol. The second kappa shape index (κ2) is 15.5. The van der Waals surface area contributed by atoms with Gasteiger partial charge in [0.15, 0.2) is 11.5 Å². The van der Waals surface area contributed by atoms with Crippen molar-refractivity contribution in [3.63, 3.8) is 0 Å². The van der Waals surface area contributed by atoms with E-state index >= 15 is 0 Å². The monoisotopic (exact) mass is 787 g/mol. The van der Waals surface area contributed by atoms with Crippen LogP contribution in [0.25, 0.3) is 16.8 Å². The van der Waals surface area contributed by atoms with Crippen molar-refractivity contribution in [1.82, 2.24) is 5.32 Å². The number of aryl methyl sites for hydroxylation is 1. The number of hydrogen-bond acceptors (Lipinski definition) is 6. The molecule has 0 aromatic heterocycles. The number of nitrogens with one attached hydrogen (secondary N) is 1. The molecule has 9 heteroatoms. The summed E-state index contributed by atoms with van der Waals surface area (Å²) in [5, 5.41) is 4.89. The van der Waals surface area contributed by atoms with Gasteiger partial charge in [0.05, 0.1) is 17.3 Å². The summed E-state index contributed by atoms with van der Waals surface area (Å²) in [6, 6.07) is 39.5. The van der Waals surface area contributed by atoms with Crippen LogP contribution >= 0.6 is 11.6 Å². The smallest absolute Gasteiger partial charge is 0.335 e. The van der Waals surface area contributed by atoms with Gasteiger partial charge < -0.3 is 14.4 Å². The molecule has 0 saturated carbocycles. The number of carbonyl (C=O) groups excluding carboxylic acids is 3. The Morgan fingerprint density at radius 3 is 2.07 bits per heavy atom. The van der Waals surface area contributed by atoms with E-state index in [-0.39, 0.29) is 29.0 Å². The normalized spacial score (nSPS) is 18.3. The van der Waals surface area contributed by atoms with E-state index in [9.17, 15) is 14.4 Å². The fourth-order valence-corrected chi connectivity index (χ4v) is 9.16. The van der Waals surface area contributed by atoms with E-state index in [4.69, 9.17) is 21.1 Å². The van der Waals surface area contributed by atoms with Gasteiger partial charge in [-0.15, -0.1) is 0 Å². The van der Waals surface area contributed by atoms with Crippen LogP contribution in [0.5, 0.6) is 11.5 Å². The SMILES string of the molecule is CCOc1cc(/C=C2\C(=O)NC(=O)N(c3cc4c5c(c3)[C@H](c3ccccc3)CCN5CC[C@@H]4c3ccccc3)C2=O)cc(Cl)c1OCc1c(C)ccc2ccccc12. The van der Waals surface area contributed by atoms with Crippen LogP contribution in [0.3, 0.4) is 0 Å². The number of urea groups is 1. The van der Waals surface area contributed by atoms with Crippen molar-refractivity contribution < 1.29 is 23.9 Å². The van der Waals surface area contributed by atoms with E-state index in [1.807, 2.05) is 74.5 Å². The molecule has 9 rings (SSSR count). The zero-order valence-corrected chi connectivity index (χ0v) is 33.1. The van der Waals surface area contributed by atoms with Gasteiger partial charge in [-0.2, -0.15) is 0 Å². The highest BCUT2D eigenvalue weighted by molar-refractivity contribution is 6.39. The van der Waals surface area contributed by atoms with E-state index in [2.05, 4.69) is 58.7 Å². The van der Waals surface area contributed by atoms with Crippen LogP contribution in [-0.2, 0) is 16.2 Å². The molecular weight excluding hydrogens is 746 g/mol. The van der Waals surface area contributed by atoms with E-state index in [1.54, 1.807) is 12.1 Å². The van der Waals surface area contributed by atoms with Crippen molar-refractivity contribution in [1.29, 1.82) is 0 Å². The van der Waals surface area contributed by atoms with Crippen molar-refractivity contribution in [2.24, 2.45) is 0 Å². The number of fused-ring (bicyclic) bond motifs is 1. The molecule has 290 valence electrons. The van der Waals surface area contributed by atoms with Crippen molar-refractivity contribution >= 4 is 57.7 Å². The highest BCUT2D eigenvalue weighted by Crippen LogP contribution is 2.50. The number of nitrogens with zero attached hydrogens (tertiary/aromatic N) is 2. The molecule has 0 aliphatic carbocycles. The second-order valence-corrected chi connectivity index (χ2v) is 15.5. The zero-order chi connectivity index (χ0) is 39.9. The van der Waals surface area contributed by atoms with Gasteiger partial charge in [-0.1, -0.05) is 109 Å². The molecule has 58 heavy (non-hydrogen) atoms. The van der Waals surface area contributed by atoms with E-state index < -0.39 is 17.8 Å². The number of amides is 4. The first-order chi connectivity index (χ1) is 28.3. The van der Waals surface area contributed by atoms with Crippen molar-refractivity contribution in [2.75, 3.05) is 29.5 Å². The molecule has 0 radical (unpaired) electrons. The molecule has 0 bridgehead atoms. The topological polar surface area (TPSA) is 88.2 Å². The lowest BCUT2D eigenvalue weighted by atomic mass is 9.76. The van der Waals surface area contributed by atoms with Crippen molar-refractivity contribution in [3.8, 4) is 11.5 Å². The lowest BCUT2D eigenvalue weighted by molar-refractivity contribution is -0.122. The van der Waals surface area contributed by atoms with Gasteiger partial charge in [0.2, 0.25) is 0 Å². The van der Waals surface area contributed by atoms with Crippen LogP contribution in [-0.4, -0.2) is 37.5 Å². The van der Waals surface area contributed by atoms with Crippen molar-refractivity contribution in [2.45, 2.75) is 45.1 Å². The molecule has 1 saturated heterocycles. The van der Waals surface area contributed by atoms with Crippen LogP contribution in [0.4, 0.5) is 16.2 Å². The molecule has 3 aliphatic rings. The first-order valence-corrected chi connectivity index (χ1v) is 20.2. The number of carbonyl (C=O) groups is 3. The molecule has 0 unspecified atom stereocenters. The maximum atomic E-state index is 14.5. The predicted octanol–water partition coefficient (Wildman–Crippen LogP) is 10.3. The largest absolute Gasteiger partial charge is 0.490 e. The minimum atomic E-state index is -0.796. The highest BCUT2D eigenvalue weighted by atomic mass is 35.5. The Bertz CT molecular complexity index is 2550. The number of rotatable bonds is 9. The molecule has 8 nitrogen and oxygen atoms in total. The highest BCUT2D eigenvalue weighted by Gasteiger charge is 2.40. The molecule has 2 atom stereocenters. The van der Waals surface area contributed by atoms with Gasteiger partial charge in [0.1, 0.15) is 12.2 Å². The molecular formula is C49H42ClN3O5. The summed E-state index contributed by atoms with van der Waals surface area (Å²) in [5.41, 5.74) is 8.42. The average Bonchev–Trinajstić information content (AvgIpc) is 3.23. The minimum Gasteiger partial charge on any atom is -0.490 e. The summed E-state index contributed by atoms with van der Waals surface area (Å²) >= 11 is 6.89. The fraction of sp³-hybridized carbons (Fsp3) is 0.204. The molecule has 1 fully saturated rings. The molecule has 0 spiro atoms. The number of ether oxygens (including phenoxy) is 2. The van der Waals surface area contributed by atoms with E-state index in [0.29, 0.717) is 29.4 Å². The summed E-state index contributed by atoms with van der Waals surface area (Å²) in [6.45, 7) is 6.29. The van der Waals surface area contributed by atoms with Gasteiger partial charge in [0, 0.05) is 36.2 Å². The van der Waals surface area contributed by atoms with Crippen LogP contribution in [0.1, 0.15) is 70.5 Å². The molecule has 4 amide bonds. The molecule has 3 heterocycles. The average molecular weight is 788 g/mol. The maximum Gasteiger partial charge on any atom is 0.335 e. The number of halogens is 1. The Morgan fingerprint density at radius 1 is 0.776 bits per heavy atom. The number of hydrogen-bond donors (Lipinski definition) is 1. The molecule has 3 aliphatic heterocycles. The van der Waals surface area contributed by atoms with Gasteiger partial charge >= 0.3 is 6.03 Å². The molecule has 6 aromatic rings. The first kappa shape index (κ1) is 37.2. The summed E-state index contributed by atoms with van der Waals surface area (Å²) in [6.07, 6.45) is 3.24. The Morgan fingerprint density at radius 2 is 1.41 bits per heavy atom. The van der Waals surface area contributed by atoms with Crippen molar-refractivity contribution in [3.05, 3.63) is 171 Å². The fourth-order valence-electron chi connectivity index (χ4n) is 8.88. The Labute approximate surface area is 342 Å². The lowest BCUT2D eigenvalue weighted by Gasteiger charge is -2.44. The second-order valence-electron chi connectivity index (χ2n) is 15.1. The number of barbiturate groups is 1. The number of imide groups is 2. The summed E-state index contributed by atoms with van der Waals surface area (Å²) < 4.78 is 12.4. The van der Waals surface area contributed by atoms with E-state index in [1.165, 1.54) is 17.2 Å². The quantitative estimate of drug-likeness (QED) is 0.116. The maximum absolute atomic E-state index is 14.5. The Hall–Kier alpha value is -6.38. The van der Waals surface area contributed by atoms with Crippen LogP contribution in [0.2, 0.25) is 5.02 Å². The lowest BCUT2D eigenvalue weighted by Crippen LogP contribution is -2.54. The van der Waals surface area contributed by atoms with Crippen LogP contribution in [0.15, 0.2) is 127 Å². The van der Waals surface area contributed by atoms with Crippen LogP contribution in [0, 0.1) is 6.92 Å². The first-order valence-electron chi connectivity index (χ1n) is 19.8. The summed E-state index contributed by atoms with van der Waals surface area (Å²) in [7, 11) is 0. The standard InChI is InChI=1S/C49H42ClN3O5/c1-3-57-44-26-31(25-43(50)46(44)58-29-42-30(2)18-19-34-16-10-11-17-36(34)42)24-41-47(54)51-49(56)53(48(41)55)35-27-39-37(32-12-6-4-7-13-32)20-22-52-23-21-38(40(28-35)45(39)52)33-14-8-5-9-15-33/h4-19,24-28,37-38H,3,20-23,29H2,1-2H3,(H,51,54,56)/b41-24+/t37-,38+. The number of anilines is 2. The third-order valence-electron chi connectivity index (χ3n) is 11.6. The van der Waals surface area contributed by atoms with Gasteiger partial charge in [0.25, 0.3) is 11.8 Å². The third-order valence-corrected chi connectivity index (χ3v) is 11.9. The summed E-state index contributed by atoms with van der Waals surface area (Å²) in [4.78, 5) is 45.3. The third kappa shape index (κ3) is 6.77. The minimum absolute atomic E-state index is 0.0599. The van der Waals surface area contributed by atoms with Crippen LogP contribution < -0.4 is 24.6 Å². The zero-order valence-electron chi connectivity index (χ0n) is 32.3. The summed E-state index contributed by atoms with van der Waals surface area (Å²) in [5.74, 6) is -0.672.